The number of aliphatic hydroxyl groups excluding tert-OH is 2. The predicted octanol–water partition coefficient (Wildman–Crippen LogP) is 0.723. The number of hydrogen-bond donors (Lipinski definition) is 2. The van der Waals surface area contributed by atoms with Crippen molar-refractivity contribution in [1.82, 2.24) is 0 Å². The maximum Gasteiger partial charge on any atom is 0.186 e. The second kappa shape index (κ2) is 5.37. The topological polar surface area (TPSA) is 40.5 Å². The van der Waals surface area contributed by atoms with Crippen LogP contribution in [0.2, 0.25) is 0 Å². The first kappa shape index (κ1) is 11.7. The Morgan fingerprint density at radius 2 is 2.00 bits per heavy atom. The first-order valence-corrected chi connectivity index (χ1v) is 4.78. The highest BCUT2D eigenvalue weighted by molar-refractivity contribution is 8.02. The molecule has 0 aromatic heterocycles. The maximum atomic E-state index is 8.90. The minimum absolute atomic E-state index is 0.0968. The smallest absolute Gasteiger partial charge is 0.186 e. The van der Waals surface area contributed by atoms with Gasteiger partial charge >= 0.3 is 0 Å². The molecule has 2 N–H and O–H groups in total. The molecule has 70 valence electrons. The van der Waals surface area contributed by atoms with Crippen LogP contribution in [0, 0.1) is 0 Å². The van der Waals surface area contributed by atoms with Crippen molar-refractivity contribution in [2.75, 3.05) is 26.8 Å². The molecule has 0 radical (unpaired) electrons. The van der Waals surface area contributed by atoms with Gasteiger partial charge in [0.2, 0.25) is 0 Å². The molecule has 0 aromatic carbocycles. The normalized spacial score (nSPS) is 12.3. The molecule has 0 aliphatic carbocycles. The Kier molecular flexibility index (Phi) is 5.24. The van der Waals surface area contributed by atoms with E-state index in [9.17, 15) is 0 Å². The third-order valence-corrected chi connectivity index (χ3v) is 2.19. The van der Waals surface area contributed by atoms with Crippen LogP contribution in [-0.4, -0.2) is 41.5 Å². The van der Waals surface area contributed by atoms with Crippen molar-refractivity contribution in [2.45, 2.75) is 0 Å². The predicted molar refractivity (Wildman–Crippen MR) is 52.2 cm³/mol. The Balaban J connectivity index is 4.19. The molecule has 0 fully saturated rings. The standard InChI is InChI=1S/C8H16NO2S/c1-8(12-3)4-5-9(2,6-10)7-11/h4-5,10-11H,1,6-7H2,2-3H3/q+1/b5-4-. The summed E-state index contributed by atoms with van der Waals surface area (Å²) in [6.07, 6.45) is 5.44. The number of rotatable bonds is 5. The van der Waals surface area contributed by atoms with Crippen LogP contribution in [0.3, 0.4) is 0 Å². The van der Waals surface area contributed by atoms with E-state index in [4.69, 9.17) is 10.2 Å². The van der Waals surface area contributed by atoms with E-state index < -0.39 is 0 Å². The third-order valence-electron chi connectivity index (χ3n) is 1.53. The lowest BCUT2D eigenvalue weighted by Gasteiger charge is -2.24. The molecule has 0 saturated carbocycles. The van der Waals surface area contributed by atoms with E-state index in [-0.39, 0.29) is 17.9 Å². The molecule has 0 bridgehead atoms. The fourth-order valence-electron chi connectivity index (χ4n) is 0.470. The fraction of sp³-hybridized carbons (Fsp3) is 0.500. The van der Waals surface area contributed by atoms with Gasteiger partial charge < -0.3 is 10.2 Å². The highest BCUT2D eigenvalue weighted by atomic mass is 32.2. The summed E-state index contributed by atoms with van der Waals surface area (Å²) in [5, 5.41) is 17.8. The van der Waals surface area contributed by atoms with Crippen LogP contribution in [0.25, 0.3) is 0 Å². The van der Waals surface area contributed by atoms with Crippen LogP contribution in [0.4, 0.5) is 0 Å². The van der Waals surface area contributed by atoms with Gasteiger partial charge in [-0.1, -0.05) is 6.58 Å². The largest absolute Gasteiger partial charge is 0.347 e. The highest BCUT2D eigenvalue weighted by Gasteiger charge is 2.13. The Hall–Kier alpha value is -0.290. The molecule has 0 unspecified atom stereocenters. The average Bonchev–Trinajstić information content (AvgIpc) is 2.13. The first-order chi connectivity index (χ1) is 5.58. The van der Waals surface area contributed by atoms with Gasteiger partial charge in [-0.3, -0.25) is 4.48 Å². The molecule has 0 saturated heterocycles. The molecule has 0 aliphatic heterocycles. The van der Waals surface area contributed by atoms with Gasteiger partial charge in [0.1, 0.15) is 6.20 Å². The Labute approximate surface area is 77.6 Å². The number of nitrogens with zero attached hydrogens (tertiary/aromatic N) is 1. The van der Waals surface area contributed by atoms with Crippen molar-refractivity contribution < 1.29 is 14.7 Å². The van der Waals surface area contributed by atoms with Gasteiger partial charge in [0.05, 0.1) is 7.05 Å². The second-order valence-electron chi connectivity index (χ2n) is 2.75. The molecule has 4 heteroatoms. The molecule has 0 amide bonds. The molecular weight excluding hydrogens is 174 g/mol. The molecule has 0 atom stereocenters. The van der Waals surface area contributed by atoms with Crippen molar-refractivity contribution in [1.29, 1.82) is 0 Å². The average molecular weight is 190 g/mol. The zero-order chi connectivity index (χ0) is 9.61. The van der Waals surface area contributed by atoms with E-state index >= 15 is 0 Å². The Bertz CT molecular complexity index is 176. The van der Waals surface area contributed by atoms with Gasteiger partial charge in [0, 0.05) is 11.0 Å². The molecule has 0 heterocycles. The summed E-state index contributed by atoms with van der Waals surface area (Å²) in [5.41, 5.74) is 0. The second-order valence-corrected chi connectivity index (χ2v) is 3.68. The summed E-state index contributed by atoms with van der Waals surface area (Å²) in [7, 11) is 1.73. The summed E-state index contributed by atoms with van der Waals surface area (Å²) in [6.45, 7) is 3.51. The molecule has 0 aliphatic rings. The summed E-state index contributed by atoms with van der Waals surface area (Å²) in [6, 6.07) is 0. The minimum Gasteiger partial charge on any atom is -0.347 e. The molecule has 0 spiro atoms. The lowest BCUT2D eigenvalue weighted by Crippen LogP contribution is -2.39. The summed E-state index contributed by atoms with van der Waals surface area (Å²) in [4.78, 5) is 0.904. The van der Waals surface area contributed by atoms with Gasteiger partial charge in [-0.15, -0.1) is 11.8 Å². The van der Waals surface area contributed by atoms with E-state index in [1.54, 1.807) is 19.3 Å². The van der Waals surface area contributed by atoms with Crippen molar-refractivity contribution in [2.24, 2.45) is 0 Å². The lowest BCUT2D eigenvalue weighted by molar-refractivity contribution is -0.897. The molecule has 0 rings (SSSR count). The minimum atomic E-state index is -0.116. The van der Waals surface area contributed by atoms with E-state index in [0.29, 0.717) is 0 Å². The van der Waals surface area contributed by atoms with Crippen LogP contribution in [-0.2, 0) is 0 Å². The quantitative estimate of drug-likeness (QED) is 0.381. The van der Waals surface area contributed by atoms with Crippen molar-refractivity contribution in [3.8, 4) is 0 Å². The first-order valence-electron chi connectivity index (χ1n) is 3.56. The van der Waals surface area contributed by atoms with Crippen molar-refractivity contribution >= 4 is 11.8 Å². The van der Waals surface area contributed by atoms with Crippen LogP contribution in [0.15, 0.2) is 23.8 Å². The Morgan fingerprint density at radius 1 is 1.50 bits per heavy atom. The van der Waals surface area contributed by atoms with E-state index in [1.165, 1.54) is 11.8 Å². The molecular formula is C8H16NO2S+. The van der Waals surface area contributed by atoms with Crippen LogP contribution in [0.5, 0.6) is 0 Å². The van der Waals surface area contributed by atoms with E-state index in [1.807, 2.05) is 6.26 Å². The highest BCUT2D eigenvalue weighted by Crippen LogP contribution is 2.11. The SMILES string of the molecule is C=C(/C=C\[N+](C)(CO)CO)SC. The number of aliphatic hydroxyl groups is 2. The third kappa shape index (κ3) is 3.92. The van der Waals surface area contributed by atoms with Gasteiger partial charge in [-0.2, -0.15) is 0 Å². The van der Waals surface area contributed by atoms with Crippen LogP contribution in [0.1, 0.15) is 0 Å². The summed E-state index contributed by atoms with van der Waals surface area (Å²) in [5.74, 6) is 0. The number of hydrogen-bond acceptors (Lipinski definition) is 3. The zero-order valence-corrected chi connectivity index (χ0v) is 8.34. The van der Waals surface area contributed by atoms with Crippen molar-refractivity contribution in [3.63, 3.8) is 0 Å². The lowest BCUT2D eigenvalue weighted by atomic mass is 10.5. The zero-order valence-electron chi connectivity index (χ0n) is 7.53. The number of allylic oxidation sites excluding steroid dienone is 1. The van der Waals surface area contributed by atoms with Gasteiger partial charge in [0.15, 0.2) is 13.5 Å². The van der Waals surface area contributed by atoms with E-state index in [2.05, 4.69) is 6.58 Å². The van der Waals surface area contributed by atoms with Gasteiger partial charge in [0.25, 0.3) is 0 Å². The molecule has 12 heavy (non-hydrogen) atoms. The molecule has 0 aromatic rings. The molecule has 3 nitrogen and oxygen atoms in total. The Morgan fingerprint density at radius 3 is 2.33 bits per heavy atom. The van der Waals surface area contributed by atoms with Gasteiger partial charge in [-0.05, 0) is 6.26 Å². The fourth-order valence-corrected chi connectivity index (χ4v) is 0.667. The van der Waals surface area contributed by atoms with Crippen LogP contribution < -0.4 is 0 Å². The number of quaternary nitrogens is 1. The van der Waals surface area contributed by atoms with Crippen molar-refractivity contribution in [3.05, 3.63) is 23.8 Å². The van der Waals surface area contributed by atoms with E-state index in [0.717, 1.165) is 4.91 Å². The monoisotopic (exact) mass is 190 g/mol. The number of thioether (sulfide) groups is 1. The van der Waals surface area contributed by atoms with Gasteiger partial charge in [-0.25, -0.2) is 0 Å². The summed E-state index contributed by atoms with van der Waals surface area (Å²) >= 11 is 1.53. The maximum absolute atomic E-state index is 8.90. The summed E-state index contributed by atoms with van der Waals surface area (Å²) < 4.78 is 0.0968. The van der Waals surface area contributed by atoms with Crippen LogP contribution >= 0.6 is 11.8 Å².